The van der Waals surface area contributed by atoms with Crippen LogP contribution in [0.25, 0.3) is 15.9 Å². The third-order valence-corrected chi connectivity index (χ3v) is 4.18. The molecule has 0 aliphatic carbocycles. The number of thiophene rings is 1. The van der Waals surface area contributed by atoms with Crippen LogP contribution in [0, 0.1) is 6.92 Å². The number of nitrogens with zero attached hydrogens (tertiary/aromatic N) is 2. The second-order valence-corrected chi connectivity index (χ2v) is 6.15. The average Bonchev–Trinajstić information content (AvgIpc) is 3.00. The van der Waals surface area contributed by atoms with Crippen molar-refractivity contribution in [3.05, 3.63) is 47.0 Å². The van der Waals surface area contributed by atoms with Crippen LogP contribution in [0.5, 0.6) is 0 Å². The molecular weight excluding hydrogens is 284 g/mol. The molecule has 108 valence electrons. The SMILES string of the molecule is Cc1nn(-c2ccccc2)c2sc(C(=O)OC(C)C)cc12. The third kappa shape index (κ3) is 2.56. The monoisotopic (exact) mass is 300 g/mol. The van der Waals surface area contributed by atoms with E-state index in [1.54, 1.807) is 0 Å². The Balaban J connectivity index is 2.08. The molecular formula is C16H16N2O2S. The van der Waals surface area contributed by atoms with Gasteiger partial charge in [-0.25, -0.2) is 9.48 Å². The van der Waals surface area contributed by atoms with Crippen LogP contribution in [-0.2, 0) is 4.74 Å². The molecule has 2 aromatic heterocycles. The second kappa shape index (κ2) is 5.33. The van der Waals surface area contributed by atoms with E-state index in [1.807, 2.05) is 61.9 Å². The number of para-hydroxylation sites is 1. The Hall–Kier alpha value is -2.14. The molecule has 5 heteroatoms. The van der Waals surface area contributed by atoms with Crippen LogP contribution in [0.4, 0.5) is 0 Å². The number of fused-ring (bicyclic) bond motifs is 1. The number of benzene rings is 1. The molecule has 0 radical (unpaired) electrons. The molecule has 0 saturated heterocycles. The van der Waals surface area contributed by atoms with Crippen LogP contribution in [0.15, 0.2) is 36.4 Å². The molecule has 0 saturated carbocycles. The quantitative estimate of drug-likeness (QED) is 0.688. The Morgan fingerprint density at radius 1 is 1.29 bits per heavy atom. The Bertz CT molecular complexity index is 787. The van der Waals surface area contributed by atoms with E-state index in [4.69, 9.17) is 4.74 Å². The van der Waals surface area contributed by atoms with Crippen molar-refractivity contribution < 1.29 is 9.53 Å². The maximum Gasteiger partial charge on any atom is 0.348 e. The first kappa shape index (κ1) is 13.8. The van der Waals surface area contributed by atoms with E-state index < -0.39 is 0 Å². The first-order valence-corrected chi connectivity index (χ1v) is 7.63. The van der Waals surface area contributed by atoms with Crippen LogP contribution in [0.1, 0.15) is 29.2 Å². The lowest BCUT2D eigenvalue weighted by molar-refractivity contribution is 0.0384. The molecule has 0 aliphatic heterocycles. The fourth-order valence-electron chi connectivity index (χ4n) is 2.16. The average molecular weight is 300 g/mol. The molecule has 0 fully saturated rings. The van der Waals surface area contributed by atoms with Crippen molar-refractivity contribution in [1.29, 1.82) is 0 Å². The van der Waals surface area contributed by atoms with Gasteiger partial charge >= 0.3 is 5.97 Å². The molecule has 0 amide bonds. The highest BCUT2D eigenvalue weighted by Crippen LogP contribution is 2.30. The Labute approximate surface area is 127 Å². The molecule has 0 N–H and O–H groups in total. The lowest BCUT2D eigenvalue weighted by atomic mass is 10.3. The van der Waals surface area contributed by atoms with E-state index in [0.717, 1.165) is 21.6 Å². The Morgan fingerprint density at radius 3 is 2.67 bits per heavy atom. The lowest BCUT2D eigenvalue weighted by Gasteiger charge is -2.05. The standard InChI is InChI=1S/C16H16N2O2S/c1-10(2)20-16(19)14-9-13-11(3)17-18(15(13)21-14)12-7-5-4-6-8-12/h4-10H,1-3H3. The number of esters is 1. The fourth-order valence-corrected chi connectivity index (χ4v) is 3.23. The van der Waals surface area contributed by atoms with Gasteiger partial charge in [0.1, 0.15) is 9.71 Å². The van der Waals surface area contributed by atoms with Gasteiger partial charge < -0.3 is 4.74 Å². The van der Waals surface area contributed by atoms with Crippen LogP contribution in [0.2, 0.25) is 0 Å². The molecule has 0 aliphatic rings. The number of carbonyl (C=O) groups is 1. The zero-order valence-corrected chi connectivity index (χ0v) is 13.0. The topological polar surface area (TPSA) is 44.1 Å². The molecule has 0 atom stereocenters. The van der Waals surface area contributed by atoms with Crippen molar-refractivity contribution in [1.82, 2.24) is 9.78 Å². The van der Waals surface area contributed by atoms with Crippen molar-refractivity contribution >= 4 is 27.5 Å². The number of aromatic nitrogens is 2. The highest BCUT2D eigenvalue weighted by atomic mass is 32.1. The summed E-state index contributed by atoms with van der Waals surface area (Å²) in [5.74, 6) is -0.273. The fraction of sp³-hybridized carbons (Fsp3) is 0.250. The maximum atomic E-state index is 12.0. The van der Waals surface area contributed by atoms with Crippen molar-refractivity contribution in [3.63, 3.8) is 0 Å². The van der Waals surface area contributed by atoms with E-state index in [-0.39, 0.29) is 12.1 Å². The van der Waals surface area contributed by atoms with Crippen molar-refractivity contribution in [3.8, 4) is 5.69 Å². The summed E-state index contributed by atoms with van der Waals surface area (Å²) < 4.78 is 7.14. The predicted molar refractivity (Wildman–Crippen MR) is 84.2 cm³/mol. The van der Waals surface area contributed by atoms with Gasteiger partial charge in [-0.15, -0.1) is 11.3 Å². The first-order chi connectivity index (χ1) is 10.1. The van der Waals surface area contributed by atoms with E-state index in [1.165, 1.54) is 11.3 Å². The van der Waals surface area contributed by atoms with E-state index in [2.05, 4.69) is 5.10 Å². The Kier molecular flexibility index (Phi) is 3.51. The van der Waals surface area contributed by atoms with Gasteiger partial charge in [0.25, 0.3) is 0 Å². The number of ether oxygens (including phenoxy) is 1. The maximum absolute atomic E-state index is 12.0. The zero-order chi connectivity index (χ0) is 15.0. The molecule has 3 aromatic rings. The van der Waals surface area contributed by atoms with Crippen molar-refractivity contribution in [2.75, 3.05) is 0 Å². The number of hydrogen-bond acceptors (Lipinski definition) is 4. The minimum absolute atomic E-state index is 0.116. The minimum Gasteiger partial charge on any atom is -0.459 e. The summed E-state index contributed by atoms with van der Waals surface area (Å²) in [5, 5.41) is 5.56. The molecule has 1 aromatic carbocycles. The van der Waals surface area contributed by atoms with Crippen LogP contribution in [0.3, 0.4) is 0 Å². The van der Waals surface area contributed by atoms with Crippen molar-refractivity contribution in [2.45, 2.75) is 26.9 Å². The lowest BCUT2D eigenvalue weighted by Crippen LogP contribution is -2.10. The van der Waals surface area contributed by atoms with Gasteiger partial charge in [0.15, 0.2) is 0 Å². The zero-order valence-electron chi connectivity index (χ0n) is 12.2. The second-order valence-electron chi connectivity index (χ2n) is 5.12. The molecule has 0 unspecified atom stereocenters. The van der Waals surface area contributed by atoms with Gasteiger partial charge in [-0.1, -0.05) is 18.2 Å². The van der Waals surface area contributed by atoms with Crippen LogP contribution in [-0.4, -0.2) is 21.9 Å². The summed E-state index contributed by atoms with van der Waals surface area (Å²) in [7, 11) is 0. The van der Waals surface area contributed by atoms with E-state index in [9.17, 15) is 4.79 Å². The molecule has 3 rings (SSSR count). The summed E-state index contributed by atoms with van der Waals surface area (Å²) >= 11 is 1.42. The Morgan fingerprint density at radius 2 is 2.00 bits per heavy atom. The largest absolute Gasteiger partial charge is 0.459 e. The van der Waals surface area contributed by atoms with Crippen molar-refractivity contribution in [2.24, 2.45) is 0 Å². The minimum atomic E-state index is -0.273. The van der Waals surface area contributed by atoms with E-state index >= 15 is 0 Å². The van der Waals surface area contributed by atoms with Gasteiger partial charge in [-0.3, -0.25) is 0 Å². The highest BCUT2D eigenvalue weighted by molar-refractivity contribution is 7.20. The summed E-state index contributed by atoms with van der Waals surface area (Å²) in [6.45, 7) is 5.65. The predicted octanol–water partition coefficient (Wildman–Crippen LogP) is 3.96. The van der Waals surface area contributed by atoms with Gasteiger partial charge in [-0.2, -0.15) is 5.10 Å². The molecule has 0 spiro atoms. The summed E-state index contributed by atoms with van der Waals surface area (Å²) in [5.41, 5.74) is 1.90. The smallest absolute Gasteiger partial charge is 0.348 e. The number of aryl methyl sites for hydroxylation is 1. The highest BCUT2D eigenvalue weighted by Gasteiger charge is 2.18. The third-order valence-electron chi connectivity index (χ3n) is 3.09. The van der Waals surface area contributed by atoms with Gasteiger partial charge in [-0.05, 0) is 39.0 Å². The molecule has 21 heavy (non-hydrogen) atoms. The molecule has 0 bridgehead atoms. The number of hydrogen-bond donors (Lipinski definition) is 0. The molecule has 2 heterocycles. The normalized spacial score (nSPS) is 11.2. The summed E-state index contributed by atoms with van der Waals surface area (Å²) in [6.07, 6.45) is -0.116. The number of carbonyl (C=O) groups excluding carboxylic acids is 1. The van der Waals surface area contributed by atoms with Gasteiger partial charge in [0.2, 0.25) is 0 Å². The molecule has 4 nitrogen and oxygen atoms in total. The first-order valence-electron chi connectivity index (χ1n) is 6.82. The summed E-state index contributed by atoms with van der Waals surface area (Å²) in [6, 6.07) is 11.8. The van der Waals surface area contributed by atoms with Gasteiger partial charge in [0, 0.05) is 5.39 Å². The summed E-state index contributed by atoms with van der Waals surface area (Å²) in [4.78, 5) is 13.6. The van der Waals surface area contributed by atoms with E-state index in [0.29, 0.717) is 4.88 Å². The van der Waals surface area contributed by atoms with Gasteiger partial charge in [0.05, 0.1) is 17.5 Å². The van der Waals surface area contributed by atoms with Crippen LogP contribution < -0.4 is 0 Å². The van der Waals surface area contributed by atoms with Crippen LogP contribution >= 0.6 is 11.3 Å². The number of rotatable bonds is 3.